The van der Waals surface area contributed by atoms with E-state index in [9.17, 15) is 0 Å². The summed E-state index contributed by atoms with van der Waals surface area (Å²) in [6, 6.07) is 0. The Balaban J connectivity index is -0.000000638. The number of halogens is 1. The summed E-state index contributed by atoms with van der Waals surface area (Å²) in [5.41, 5.74) is 0. The molecule has 0 saturated carbocycles. The molecule has 0 bridgehead atoms. The first-order chi connectivity index (χ1) is 15.8. The number of unbranched alkanes of at least 4 members (excludes halogenated alkanes) is 15. The third-order valence-corrected chi connectivity index (χ3v) is 6.14. The summed E-state index contributed by atoms with van der Waals surface area (Å²) >= 11 is 1.47. The molecular formula is C28H60ClNOTi. The van der Waals surface area contributed by atoms with E-state index in [0.717, 1.165) is 19.5 Å². The molecule has 0 heterocycles. The number of hydrogen-bond donors (Lipinski definition) is 1. The zero-order chi connectivity index (χ0) is 24.5. The van der Waals surface area contributed by atoms with Gasteiger partial charge >= 0.3 is 28.7 Å². The summed E-state index contributed by atoms with van der Waals surface area (Å²) in [6.45, 7) is 11.5. The molecule has 0 spiro atoms. The molecule has 0 rings (SSSR count). The first-order valence-corrected chi connectivity index (χ1v) is 16.3. The van der Waals surface area contributed by atoms with Crippen LogP contribution < -0.4 is 0 Å². The SMILES string of the molecule is CCCCC(CC)CO.CCCCCCCCCC[N-]CCCCCCCCCC.[Cl][Ti+]. The van der Waals surface area contributed by atoms with E-state index in [1.54, 1.807) is 0 Å². The molecule has 1 N–H and O–H groups in total. The molecule has 0 fully saturated rings. The number of aliphatic hydroxyl groups excluding tert-OH is 1. The van der Waals surface area contributed by atoms with Gasteiger partial charge in [0.05, 0.1) is 0 Å². The van der Waals surface area contributed by atoms with E-state index < -0.39 is 0 Å². The van der Waals surface area contributed by atoms with Crippen molar-refractivity contribution in [2.75, 3.05) is 19.7 Å². The molecule has 0 aliphatic heterocycles. The number of hydrogen-bond acceptors (Lipinski definition) is 1. The Morgan fingerprint density at radius 2 is 0.906 bits per heavy atom. The minimum absolute atomic E-state index is 0.372. The van der Waals surface area contributed by atoms with E-state index in [-0.39, 0.29) is 0 Å². The summed E-state index contributed by atoms with van der Waals surface area (Å²) < 4.78 is 0. The van der Waals surface area contributed by atoms with E-state index in [2.05, 4.69) is 42.3 Å². The Hall–Kier alpha value is 0.924. The van der Waals surface area contributed by atoms with Crippen molar-refractivity contribution in [2.24, 2.45) is 5.92 Å². The van der Waals surface area contributed by atoms with Gasteiger partial charge in [-0.1, -0.05) is 150 Å². The van der Waals surface area contributed by atoms with Gasteiger partial charge in [-0.05, 0) is 12.3 Å². The van der Waals surface area contributed by atoms with Gasteiger partial charge in [-0.2, -0.15) is 0 Å². The van der Waals surface area contributed by atoms with Crippen LogP contribution in [0.3, 0.4) is 0 Å². The zero-order valence-electron chi connectivity index (χ0n) is 22.6. The maximum atomic E-state index is 8.75. The minimum atomic E-state index is 0.372. The van der Waals surface area contributed by atoms with Gasteiger partial charge in [0, 0.05) is 6.61 Å². The molecule has 1 unspecified atom stereocenters. The molecule has 2 nitrogen and oxygen atoms in total. The van der Waals surface area contributed by atoms with E-state index in [1.807, 2.05) is 0 Å². The Morgan fingerprint density at radius 1 is 0.562 bits per heavy atom. The van der Waals surface area contributed by atoms with Gasteiger partial charge in [0.2, 0.25) is 0 Å². The van der Waals surface area contributed by atoms with Crippen LogP contribution in [0.25, 0.3) is 5.32 Å². The first-order valence-electron chi connectivity index (χ1n) is 14.2. The first kappa shape index (κ1) is 37.5. The number of rotatable bonds is 23. The maximum absolute atomic E-state index is 8.75. The molecule has 0 amide bonds. The molecule has 0 saturated heterocycles. The van der Waals surface area contributed by atoms with Gasteiger partial charge in [0.15, 0.2) is 0 Å². The summed E-state index contributed by atoms with van der Waals surface area (Å²) in [4.78, 5) is 0. The van der Waals surface area contributed by atoms with Crippen LogP contribution in [0.1, 0.15) is 156 Å². The number of nitrogens with zero attached hydrogens (tertiary/aromatic N) is 1. The Kier molecular flexibility index (Phi) is 45.8. The fourth-order valence-corrected chi connectivity index (χ4v) is 3.74. The summed E-state index contributed by atoms with van der Waals surface area (Å²) in [5, 5.41) is 13.4. The van der Waals surface area contributed by atoms with Crippen LogP contribution in [-0.2, 0) is 19.4 Å². The molecule has 4 heteroatoms. The van der Waals surface area contributed by atoms with Crippen LogP contribution in [0.2, 0.25) is 0 Å². The Bertz CT molecular complexity index is 260. The van der Waals surface area contributed by atoms with Crippen molar-refractivity contribution in [1.82, 2.24) is 0 Å². The monoisotopic (exact) mass is 509 g/mol. The van der Waals surface area contributed by atoms with Gasteiger partial charge in [-0.15, -0.1) is 13.1 Å². The van der Waals surface area contributed by atoms with Crippen LogP contribution in [0.15, 0.2) is 0 Å². The van der Waals surface area contributed by atoms with Crippen molar-refractivity contribution in [3.63, 3.8) is 0 Å². The van der Waals surface area contributed by atoms with Crippen molar-refractivity contribution in [3.8, 4) is 0 Å². The van der Waals surface area contributed by atoms with Crippen molar-refractivity contribution in [1.29, 1.82) is 0 Å². The van der Waals surface area contributed by atoms with Crippen molar-refractivity contribution in [2.45, 2.75) is 156 Å². The standard InChI is InChI=1S/C20H42N.C8H18O.ClH.Ti/c1-3-5-7-9-11-13-15-17-19-21-20-18-16-14-12-10-8-6-4-2;1-3-5-6-8(4-2)7-9;;/h3-20H2,1-2H3;8-9H,3-7H2,1-2H3;1H;/q-1;;;+2/p-1. The predicted octanol–water partition coefficient (Wildman–Crippen LogP) is 10.5. The second-order valence-corrected chi connectivity index (χ2v) is 9.22. The fourth-order valence-electron chi connectivity index (χ4n) is 3.74. The van der Waals surface area contributed by atoms with E-state index in [4.69, 9.17) is 5.11 Å². The third-order valence-electron chi connectivity index (χ3n) is 6.14. The summed E-state index contributed by atoms with van der Waals surface area (Å²) in [6.07, 6.45) is 27.4. The molecule has 32 heavy (non-hydrogen) atoms. The van der Waals surface area contributed by atoms with Crippen molar-refractivity contribution >= 4 is 9.30 Å². The van der Waals surface area contributed by atoms with Crippen LogP contribution in [0.5, 0.6) is 0 Å². The average Bonchev–Trinajstić information content (AvgIpc) is 2.83. The summed E-state index contributed by atoms with van der Waals surface area (Å²) in [5.74, 6) is 0.560. The van der Waals surface area contributed by atoms with Crippen molar-refractivity contribution in [3.05, 3.63) is 5.32 Å². The van der Waals surface area contributed by atoms with Crippen LogP contribution >= 0.6 is 9.30 Å². The fraction of sp³-hybridized carbons (Fsp3) is 1.00. The van der Waals surface area contributed by atoms with Crippen LogP contribution in [-0.4, -0.2) is 24.8 Å². The van der Waals surface area contributed by atoms with Gasteiger partial charge in [0.1, 0.15) is 0 Å². The Labute approximate surface area is 220 Å². The van der Waals surface area contributed by atoms with Crippen LogP contribution in [0, 0.1) is 5.92 Å². The van der Waals surface area contributed by atoms with Gasteiger partial charge in [-0.3, -0.25) is 0 Å². The molecule has 194 valence electrons. The van der Waals surface area contributed by atoms with Gasteiger partial charge in [0.25, 0.3) is 0 Å². The third kappa shape index (κ3) is 38.2. The quantitative estimate of drug-likeness (QED) is 0.108. The Morgan fingerprint density at radius 3 is 1.22 bits per heavy atom. The molecule has 0 aromatic heterocycles. The molecule has 1 atom stereocenters. The molecular weight excluding hydrogens is 450 g/mol. The van der Waals surface area contributed by atoms with E-state index in [0.29, 0.717) is 12.5 Å². The molecule has 0 aliphatic carbocycles. The molecule has 0 aromatic rings. The summed E-state index contributed by atoms with van der Waals surface area (Å²) in [7, 11) is 4.64. The second-order valence-electron chi connectivity index (χ2n) is 9.22. The van der Waals surface area contributed by atoms with Gasteiger partial charge < -0.3 is 10.4 Å². The number of aliphatic hydroxyl groups is 1. The second kappa shape index (κ2) is 39.2. The van der Waals surface area contributed by atoms with Crippen LogP contribution in [0.4, 0.5) is 0 Å². The van der Waals surface area contributed by atoms with E-state index in [1.165, 1.54) is 141 Å². The molecule has 0 aliphatic rings. The normalized spacial score (nSPS) is 11.3. The molecule has 0 aromatic carbocycles. The van der Waals surface area contributed by atoms with E-state index >= 15 is 0 Å². The zero-order valence-corrected chi connectivity index (χ0v) is 24.9. The van der Waals surface area contributed by atoms with Gasteiger partial charge in [-0.25, -0.2) is 0 Å². The molecule has 0 radical (unpaired) electrons. The van der Waals surface area contributed by atoms with Crippen molar-refractivity contribution < 1.29 is 24.5 Å². The average molecular weight is 510 g/mol. The predicted molar refractivity (Wildman–Crippen MR) is 145 cm³/mol. The topological polar surface area (TPSA) is 34.3 Å².